The molecule has 2 amide bonds. The van der Waals surface area contributed by atoms with Gasteiger partial charge < -0.3 is 20.5 Å². The Labute approximate surface area is 152 Å². The first-order valence-corrected chi connectivity index (χ1v) is 8.70. The fraction of sp³-hybridized carbons (Fsp3) is 0.556. The van der Waals surface area contributed by atoms with Gasteiger partial charge in [-0.15, -0.1) is 0 Å². The Morgan fingerprint density at radius 2 is 2.12 bits per heavy atom. The Morgan fingerprint density at radius 1 is 1.42 bits per heavy atom. The minimum atomic E-state index is -0.853. The van der Waals surface area contributed by atoms with Crippen molar-refractivity contribution in [1.82, 2.24) is 15.5 Å². The lowest BCUT2D eigenvalue weighted by atomic mass is 9.85. The largest absolute Gasteiger partial charge is 0.496 e. The molecule has 8 heteroatoms. The quantitative estimate of drug-likeness (QED) is 0.655. The molecule has 1 atom stereocenters. The third-order valence-electron chi connectivity index (χ3n) is 4.72. The van der Waals surface area contributed by atoms with Gasteiger partial charge in [0, 0.05) is 12.1 Å². The second kappa shape index (κ2) is 8.84. The van der Waals surface area contributed by atoms with Crippen molar-refractivity contribution in [2.75, 3.05) is 20.2 Å². The molecular weight excluding hydrogens is 341 g/mol. The molecule has 1 saturated carbocycles. The zero-order valence-electron chi connectivity index (χ0n) is 15.3. The zero-order chi connectivity index (χ0) is 19.3. The maximum Gasteiger partial charge on any atom is 0.317 e. The first-order chi connectivity index (χ1) is 12.3. The van der Waals surface area contributed by atoms with Gasteiger partial charge in [0.25, 0.3) is 0 Å². The van der Waals surface area contributed by atoms with Crippen molar-refractivity contribution < 1.29 is 23.8 Å². The van der Waals surface area contributed by atoms with Crippen LogP contribution in [-0.2, 0) is 4.79 Å². The molecule has 1 aliphatic rings. The molecule has 1 unspecified atom stereocenters. The van der Waals surface area contributed by atoms with E-state index < -0.39 is 17.8 Å². The second-order valence-electron chi connectivity index (χ2n) is 6.47. The smallest absolute Gasteiger partial charge is 0.317 e. The number of hydrogen-bond acceptors (Lipinski definition) is 4. The van der Waals surface area contributed by atoms with Crippen molar-refractivity contribution in [2.24, 2.45) is 0 Å². The summed E-state index contributed by atoms with van der Waals surface area (Å²) in [5, 5.41) is 14.5. The highest BCUT2D eigenvalue weighted by atomic mass is 19.1. The second-order valence-corrected chi connectivity index (χ2v) is 6.47. The maximum absolute atomic E-state index is 14.1. The van der Waals surface area contributed by atoms with Gasteiger partial charge in [0.15, 0.2) is 0 Å². The van der Waals surface area contributed by atoms with E-state index in [0.29, 0.717) is 30.7 Å². The third-order valence-corrected chi connectivity index (χ3v) is 4.72. The van der Waals surface area contributed by atoms with E-state index >= 15 is 0 Å². The number of carbonyl (C=O) groups excluding carboxylic acids is 1. The first kappa shape index (κ1) is 20.0. The molecule has 26 heavy (non-hydrogen) atoms. The SMILES string of the molecule is CCN(CC(=O)O)C1CC(NC(=O)NC(C)c2c(F)cccc2OC)C1. The molecule has 0 heterocycles. The predicted molar refractivity (Wildman–Crippen MR) is 94.7 cm³/mol. The molecule has 0 aliphatic heterocycles. The number of carbonyl (C=O) groups is 2. The average Bonchev–Trinajstić information content (AvgIpc) is 2.55. The highest BCUT2D eigenvalue weighted by molar-refractivity contribution is 5.75. The highest BCUT2D eigenvalue weighted by Crippen LogP contribution is 2.28. The van der Waals surface area contributed by atoms with E-state index in [0.717, 1.165) is 0 Å². The number of ether oxygens (including phenoxy) is 1. The van der Waals surface area contributed by atoms with Crippen molar-refractivity contribution in [3.63, 3.8) is 0 Å². The average molecular weight is 367 g/mol. The number of benzene rings is 1. The number of aliphatic carboxylic acids is 1. The fourth-order valence-electron chi connectivity index (χ4n) is 3.29. The van der Waals surface area contributed by atoms with Crippen LogP contribution in [-0.4, -0.2) is 54.3 Å². The van der Waals surface area contributed by atoms with Gasteiger partial charge in [-0.1, -0.05) is 13.0 Å². The Hall–Kier alpha value is -2.35. The molecule has 1 aromatic carbocycles. The summed E-state index contributed by atoms with van der Waals surface area (Å²) in [5.41, 5.74) is 0.301. The molecule has 0 aromatic heterocycles. The summed E-state index contributed by atoms with van der Waals surface area (Å²) in [6, 6.07) is 3.73. The van der Waals surface area contributed by atoms with Crippen LogP contribution in [0.2, 0.25) is 0 Å². The van der Waals surface area contributed by atoms with Crippen molar-refractivity contribution in [3.8, 4) is 5.75 Å². The topological polar surface area (TPSA) is 90.9 Å². The monoisotopic (exact) mass is 367 g/mol. The third kappa shape index (κ3) is 4.85. The standard InChI is InChI=1S/C18H26FN3O4/c1-4-22(10-16(23)24)13-8-12(9-13)21-18(25)20-11(2)17-14(19)6-5-7-15(17)26-3/h5-7,11-13H,4,8-10H2,1-3H3,(H,23,24)(H2,20,21,25). The van der Waals surface area contributed by atoms with Gasteiger partial charge in [-0.05, 0) is 38.4 Å². The molecule has 1 aliphatic carbocycles. The van der Waals surface area contributed by atoms with Crippen LogP contribution in [0.3, 0.4) is 0 Å². The summed E-state index contributed by atoms with van der Waals surface area (Å²) in [6.07, 6.45) is 1.40. The van der Waals surface area contributed by atoms with E-state index in [1.807, 2.05) is 11.8 Å². The summed E-state index contributed by atoms with van der Waals surface area (Å²) < 4.78 is 19.2. The van der Waals surface area contributed by atoms with Crippen LogP contribution in [0.4, 0.5) is 9.18 Å². The number of halogens is 1. The minimum Gasteiger partial charge on any atom is -0.496 e. The Kier molecular flexibility index (Phi) is 6.79. The van der Waals surface area contributed by atoms with Crippen molar-refractivity contribution in [3.05, 3.63) is 29.6 Å². The first-order valence-electron chi connectivity index (χ1n) is 8.70. The van der Waals surface area contributed by atoms with E-state index in [-0.39, 0.29) is 24.7 Å². The van der Waals surface area contributed by atoms with E-state index in [4.69, 9.17) is 9.84 Å². The molecule has 144 valence electrons. The molecule has 0 spiro atoms. The number of amides is 2. The van der Waals surface area contributed by atoms with Crippen LogP contribution in [0.5, 0.6) is 5.75 Å². The van der Waals surface area contributed by atoms with Gasteiger partial charge in [0.1, 0.15) is 11.6 Å². The van der Waals surface area contributed by atoms with Gasteiger partial charge in [-0.25, -0.2) is 9.18 Å². The van der Waals surface area contributed by atoms with Crippen LogP contribution in [0, 0.1) is 5.82 Å². The summed E-state index contributed by atoms with van der Waals surface area (Å²) in [5.74, 6) is -0.907. The Morgan fingerprint density at radius 3 is 2.69 bits per heavy atom. The zero-order valence-corrected chi connectivity index (χ0v) is 15.3. The van der Waals surface area contributed by atoms with Gasteiger partial charge in [0.05, 0.1) is 25.3 Å². The van der Waals surface area contributed by atoms with Crippen LogP contribution in [0.25, 0.3) is 0 Å². The molecule has 0 bridgehead atoms. The molecule has 0 saturated heterocycles. The Balaban J connectivity index is 1.84. The van der Waals surface area contributed by atoms with Gasteiger partial charge in [0.2, 0.25) is 0 Å². The number of carboxylic acids is 1. The molecule has 3 N–H and O–H groups in total. The lowest BCUT2D eigenvalue weighted by Crippen LogP contribution is -2.56. The molecule has 1 aromatic rings. The van der Waals surface area contributed by atoms with Gasteiger partial charge in [-0.3, -0.25) is 9.69 Å². The van der Waals surface area contributed by atoms with Crippen LogP contribution < -0.4 is 15.4 Å². The fourth-order valence-corrected chi connectivity index (χ4v) is 3.29. The molecular formula is C18H26FN3O4. The summed E-state index contributed by atoms with van der Waals surface area (Å²) in [4.78, 5) is 24.9. The molecule has 0 radical (unpaired) electrons. The molecule has 2 rings (SSSR count). The number of methoxy groups -OCH3 is 1. The van der Waals surface area contributed by atoms with E-state index in [2.05, 4.69) is 10.6 Å². The normalized spacial score (nSPS) is 20.2. The van der Waals surface area contributed by atoms with E-state index in [1.165, 1.54) is 13.2 Å². The Bertz CT molecular complexity index is 649. The number of urea groups is 1. The summed E-state index contributed by atoms with van der Waals surface area (Å²) >= 11 is 0. The maximum atomic E-state index is 14.1. The number of carboxylic acid groups (broad SMARTS) is 1. The molecule has 1 fully saturated rings. The number of nitrogens with one attached hydrogen (secondary N) is 2. The lowest BCUT2D eigenvalue weighted by Gasteiger charge is -2.42. The lowest BCUT2D eigenvalue weighted by molar-refractivity contribution is -0.139. The van der Waals surface area contributed by atoms with Crippen molar-refractivity contribution >= 4 is 12.0 Å². The highest BCUT2D eigenvalue weighted by Gasteiger charge is 2.34. The van der Waals surface area contributed by atoms with Gasteiger partial charge >= 0.3 is 12.0 Å². The van der Waals surface area contributed by atoms with Crippen molar-refractivity contribution in [2.45, 2.75) is 44.8 Å². The number of hydrogen-bond donors (Lipinski definition) is 3. The molecule has 7 nitrogen and oxygen atoms in total. The van der Waals surface area contributed by atoms with Crippen LogP contribution in [0.15, 0.2) is 18.2 Å². The summed E-state index contributed by atoms with van der Waals surface area (Å²) in [7, 11) is 1.45. The van der Waals surface area contributed by atoms with Crippen molar-refractivity contribution in [1.29, 1.82) is 0 Å². The number of likely N-dealkylation sites (N-methyl/N-ethyl adjacent to an activating group) is 1. The number of rotatable bonds is 8. The van der Waals surface area contributed by atoms with Gasteiger partial charge in [-0.2, -0.15) is 0 Å². The van der Waals surface area contributed by atoms with Crippen LogP contribution in [0.1, 0.15) is 38.3 Å². The van der Waals surface area contributed by atoms with Crippen LogP contribution >= 0.6 is 0 Å². The minimum absolute atomic E-state index is 0.00416. The summed E-state index contributed by atoms with van der Waals surface area (Å²) in [6.45, 7) is 4.26. The van der Waals surface area contributed by atoms with E-state index in [9.17, 15) is 14.0 Å². The predicted octanol–water partition coefficient (Wildman–Crippen LogP) is 2.13. The number of nitrogens with zero attached hydrogens (tertiary/aromatic N) is 1. The van der Waals surface area contributed by atoms with E-state index in [1.54, 1.807) is 19.1 Å².